The molecule has 0 aromatic rings. The molecule has 13 heteroatoms. The molecule has 1 saturated heterocycles. The number of thioether (sulfide) groups is 1. The van der Waals surface area contributed by atoms with Crippen molar-refractivity contribution >= 4 is 47.3 Å². The Bertz CT molecular complexity index is 641. The predicted molar refractivity (Wildman–Crippen MR) is 91.4 cm³/mol. The highest BCUT2D eigenvalue weighted by Crippen LogP contribution is 2.20. The molecule has 0 bridgehead atoms. The zero-order chi connectivity index (χ0) is 20.6. The Balaban J connectivity index is 2.63. The normalized spacial score (nSPS) is 18.3. The van der Waals surface area contributed by atoms with Crippen molar-refractivity contribution < 1.29 is 39.0 Å². The number of hydrogen-bond acceptors (Lipinski definition) is 8. The summed E-state index contributed by atoms with van der Waals surface area (Å²) in [7, 11) is 0. The number of carboxylic acid groups (broad SMARTS) is 2. The van der Waals surface area contributed by atoms with Crippen molar-refractivity contribution in [2.24, 2.45) is 5.73 Å². The number of carbonyl (C=O) groups is 6. The van der Waals surface area contributed by atoms with Crippen molar-refractivity contribution in [2.75, 3.05) is 12.3 Å². The fraction of sp³-hybridized carbons (Fsp3) is 0.571. The molecule has 0 aromatic carbocycles. The Morgan fingerprint density at radius 1 is 1.26 bits per heavy atom. The first-order chi connectivity index (χ1) is 12.6. The number of amides is 4. The smallest absolute Gasteiger partial charge is 0.322 e. The van der Waals surface area contributed by atoms with E-state index in [4.69, 9.17) is 15.9 Å². The van der Waals surface area contributed by atoms with Gasteiger partial charge in [0.25, 0.3) is 0 Å². The van der Waals surface area contributed by atoms with Gasteiger partial charge in [0.05, 0.1) is 5.25 Å². The van der Waals surface area contributed by atoms with Crippen LogP contribution in [0.4, 0.5) is 0 Å². The molecule has 12 nitrogen and oxygen atoms in total. The monoisotopic (exact) mass is 404 g/mol. The number of carbonyl (C=O) groups excluding carboxylic acids is 4. The summed E-state index contributed by atoms with van der Waals surface area (Å²) < 4.78 is 0. The molecule has 150 valence electrons. The first-order valence-electron chi connectivity index (χ1n) is 7.82. The van der Waals surface area contributed by atoms with Crippen molar-refractivity contribution in [3.63, 3.8) is 0 Å². The van der Waals surface area contributed by atoms with Crippen LogP contribution in [0.15, 0.2) is 0 Å². The lowest BCUT2D eigenvalue weighted by Gasteiger charge is -2.19. The second kappa shape index (κ2) is 10.5. The van der Waals surface area contributed by atoms with Gasteiger partial charge in [-0.25, -0.2) is 0 Å². The summed E-state index contributed by atoms with van der Waals surface area (Å²) in [6, 6.07) is -2.41. The molecule has 0 aromatic heterocycles. The summed E-state index contributed by atoms with van der Waals surface area (Å²) in [4.78, 5) is 68.0. The van der Waals surface area contributed by atoms with E-state index in [0.717, 1.165) is 11.8 Å². The average molecular weight is 404 g/mol. The molecular weight excluding hydrogens is 384 g/mol. The van der Waals surface area contributed by atoms with Crippen LogP contribution in [-0.4, -0.2) is 75.4 Å². The zero-order valence-electron chi connectivity index (χ0n) is 14.1. The third-order valence-electron chi connectivity index (χ3n) is 3.46. The Hall–Kier alpha value is -2.67. The molecule has 1 aliphatic rings. The first-order valence-corrected chi connectivity index (χ1v) is 8.87. The van der Waals surface area contributed by atoms with E-state index in [9.17, 15) is 28.8 Å². The van der Waals surface area contributed by atoms with Crippen molar-refractivity contribution in [1.29, 1.82) is 0 Å². The van der Waals surface area contributed by atoms with Gasteiger partial charge in [-0.15, -0.1) is 11.8 Å². The van der Waals surface area contributed by atoms with Gasteiger partial charge in [0.15, 0.2) is 0 Å². The average Bonchev–Trinajstić information content (AvgIpc) is 2.91. The molecule has 1 unspecified atom stereocenters. The van der Waals surface area contributed by atoms with Gasteiger partial charge in [-0.1, -0.05) is 0 Å². The molecule has 1 heterocycles. The number of rotatable bonds is 11. The van der Waals surface area contributed by atoms with Crippen LogP contribution in [0.3, 0.4) is 0 Å². The molecule has 0 radical (unpaired) electrons. The molecule has 3 atom stereocenters. The maximum absolute atomic E-state index is 12.1. The van der Waals surface area contributed by atoms with Crippen LogP contribution >= 0.6 is 11.8 Å². The van der Waals surface area contributed by atoms with E-state index in [0.29, 0.717) is 0 Å². The highest BCUT2D eigenvalue weighted by molar-refractivity contribution is 8.00. The van der Waals surface area contributed by atoms with Gasteiger partial charge >= 0.3 is 11.9 Å². The Morgan fingerprint density at radius 3 is 2.44 bits per heavy atom. The summed E-state index contributed by atoms with van der Waals surface area (Å²) in [5.74, 6) is -5.04. The highest BCUT2D eigenvalue weighted by atomic mass is 32.2. The van der Waals surface area contributed by atoms with Gasteiger partial charge < -0.3 is 26.6 Å². The van der Waals surface area contributed by atoms with E-state index in [1.807, 2.05) is 0 Å². The highest BCUT2D eigenvalue weighted by Gasteiger charge is 2.32. The minimum Gasteiger partial charge on any atom is -0.480 e. The molecule has 1 aliphatic heterocycles. The number of nitrogens with two attached hydrogens (primary N) is 1. The SMILES string of the molecule is N[C@@H](CCC(=O)N[C@@H](CSC1CC(=O)NC1=O)C(=O)NCC(=O)O)C(=O)O. The van der Waals surface area contributed by atoms with Crippen LogP contribution < -0.4 is 21.7 Å². The second-order valence-electron chi connectivity index (χ2n) is 5.65. The maximum Gasteiger partial charge on any atom is 0.322 e. The van der Waals surface area contributed by atoms with Crippen molar-refractivity contribution in [3.05, 3.63) is 0 Å². The standard InChI is InChI=1S/C14H20N4O8S/c15-6(14(25)26)1-2-9(19)17-7(12(23)16-4-11(21)22)5-27-8-3-10(20)18-13(8)24/h6-8H,1-5,15H2,(H,16,23)(H,17,19)(H,21,22)(H,25,26)(H,18,20,24)/t6-,7-,8?/m0/s1. The molecule has 4 amide bonds. The molecule has 0 aliphatic carbocycles. The van der Waals surface area contributed by atoms with Gasteiger partial charge in [-0.3, -0.25) is 34.1 Å². The molecule has 0 spiro atoms. The first kappa shape index (κ1) is 22.4. The fourth-order valence-corrected chi connectivity index (χ4v) is 3.16. The van der Waals surface area contributed by atoms with Crippen LogP contribution in [0.1, 0.15) is 19.3 Å². The van der Waals surface area contributed by atoms with E-state index in [1.54, 1.807) is 0 Å². The zero-order valence-corrected chi connectivity index (χ0v) is 14.9. The largest absolute Gasteiger partial charge is 0.480 e. The van der Waals surface area contributed by atoms with Crippen LogP contribution in [-0.2, 0) is 28.8 Å². The van der Waals surface area contributed by atoms with Gasteiger partial charge in [0.2, 0.25) is 23.6 Å². The lowest BCUT2D eigenvalue weighted by Crippen LogP contribution is -2.49. The molecule has 1 fully saturated rings. The number of imide groups is 1. The molecule has 1 rings (SSSR count). The van der Waals surface area contributed by atoms with Crippen LogP contribution in [0, 0.1) is 0 Å². The predicted octanol–water partition coefficient (Wildman–Crippen LogP) is -2.99. The third-order valence-corrected chi connectivity index (χ3v) is 4.76. The summed E-state index contributed by atoms with van der Waals surface area (Å²) in [5.41, 5.74) is 5.30. The third kappa shape index (κ3) is 8.04. The molecular formula is C14H20N4O8S. The van der Waals surface area contributed by atoms with Crippen LogP contribution in [0.2, 0.25) is 0 Å². The Morgan fingerprint density at radius 2 is 1.93 bits per heavy atom. The van der Waals surface area contributed by atoms with E-state index >= 15 is 0 Å². The maximum atomic E-state index is 12.1. The van der Waals surface area contributed by atoms with E-state index in [1.165, 1.54) is 0 Å². The summed E-state index contributed by atoms with van der Waals surface area (Å²) in [6.07, 6.45) is -0.477. The second-order valence-corrected chi connectivity index (χ2v) is 6.89. The van der Waals surface area contributed by atoms with Crippen molar-refractivity contribution in [3.8, 4) is 0 Å². The minimum atomic E-state index is -1.28. The van der Waals surface area contributed by atoms with Crippen molar-refractivity contribution in [1.82, 2.24) is 16.0 Å². The summed E-state index contributed by atoms with van der Waals surface area (Å²) >= 11 is 0.963. The molecule has 27 heavy (non-hydrogen) atoms. The fourth-order valence-electron chi connectivity index (χ4n) is 2.02. The summed E-state index contributed by atoms with van der Waals surface area (Å²) in [5, 5.41) is 23.2. The van der Waals surface area contributed by atoms with E-state index in [2.05, 4.69) is 16.0 Å². The van der Waals surface area contributed by atoms with Crippen LogP contribution in [0.25, 0.3) is 0 Å². The Labute approximate surface area is 157 Å². The van der Waals surface area contributed by atoms with Crippen LogP contribution in [0.5, 0.6) is 0 Å². The molecule has 7 N–H and O–H groups in total. The number of nitrogens with one attached hydrogen (secondary N) is 3. The summed E-state index contributed by atoms with van der Waals surface area (Å²) in [6.45, 7) is -0.665. The lowest BCUT2D eigenvalue weighted by molar-refractivity contribution is -0.139. The molecule has 0 saturated carbocycles. The number of aliphatic carboxylic acids is 2. The van der Waals surface area contributed by atoms with Crippen molar-refractivity contribution in [2.45, 2.75) is 36.6 Å². The minimum absolute atomic E-state index is 0.0611. The number of hydrogen-bond donors (Lipinski definition) is 6. The lowest BCUT2D eigenvalue weighted by atomic mass is 10.1. The van der Waals surface area contributed by atoms with Gasteiger partial charge in [-0.2, -0.15) is 0 Å². The topological polar surface area (TPSA) is 205 Å². The van der Waals surface area contributed by atoms with Gasteiger partial charge in [-0.05, 0) is 6.42 Å². The Kier molecular flexibility index (Phi) is 8.68. The van der Waals surface area contributed by atoms with E-state index < -0.39 is 59.4 Å². The number of carboxylic acids is 2. The van der Waals surface area contributed by atoms with Gasteiger partial charge in [0.1, 0.15) is 18.6 Å². The van der Waals surface area contributed by atoms with E-state index in [-0.39, 0.29) is 25.0 Å². The quantitative estimate of drug-likeness (QED) is 0.193. The van der Waals surface area contributed by atoms with Gasteiger partial charge in [0, 0.05) is 18.6 Å².